The third-order valence-electron chi connectivity index (χ3n) is 5.77. The minimum Gasteiger partial charge on any atom is -0.379 e. The van der Waals surface area contributed by atoms with Crippen LogP contribution < -0.4 is 4.90 Å². The minimum atomic E-state index is -3.56. The number of ether oxygens (including phenoxy) is 1. The fourth-order valence-corrected chi connectivity index (χ4v) is 6.06. The van der Waals surface area contributed by atoms with Crippen molar-refractivity contribution >= 4 is 37.5 Å². The molecule has 1 saturated heterocycles. The highest BCUT2D eigenvalue weighted by Crippen LogP contribution is 2.30. The molecule has 0 radical (unpaired) electrons. The molecule has 0 bridgehead atoms. The van der Waals surface area contributed by atoms with Crippen molar-refractivity contribution in [2.75, 3.05) is 44.0 Å². The van der Waals surface area contributed by atoms with Crippen molar-refractivity contribution < 1.29 is 26.4 Å². The quantitative estimate of drug-likeness (QED) is 0.595. The zero-order valence-corrected chi connectivity index (χ0v) is 19.9. The lowest BCUT2D eigenvalue weighted by atomic mass is 10.0. The molecular weight excluding hydrogens is 464 g/mol. The van der Waals surface area contributed by atoms with E-state index < -0.39 is 19.9 Å². The van der Waals surface area contributed by atoms with Gasteiger partial charge in [0.1, 0.15) is 0 Å². The standard InChI is InChI=1S/C23H26N2O6S2/c1-32(27,28)21-9-10-22-19(17-21)3-2-12-25(22)23(26)11-6-18-4-7-20(8-5-18)33(29,30)24-13-15-31-16-14-24/h4-11,17H,2-3,12-16H2,1H3/b11-6+. The largest absolute Gasteiger partial charge is 0.379 e. The number of sulfonamides is 1. The number of carbonyl (C=O) groups is 1. The first-order valence-electron chi connectivity index (χ1n) is 10.7. The molecule has 0 spiro atoms. The fourth-order valence-electron chi connectivity index (χ4n) is 3.98. The van der Waals surface area contributed by atoms with Crippen molar-refractivity contribution in [3.63, 3.8) is 0 Å². The maximum atomic E-state index is 12.9. The minimum absolute atomic E-state index is 0.208. The van der Waals surface area contributed by atoms with Crippen LogP contribution in [-0.2, 0) is 35.8 Å². The van der Waals surface area contributed by atoms with E-state index in [4.69, 9.17) is 4.74 Å². The number of benzene rings is 2. The Hall–Kier alpha value is -2.53. The Morgan fingerprint density at radius 2 is 1.61 bits per heavy atom. The van der Waals surface area contributed by atoms with Gasteiger partial charge in [-0.15, -0.1) is 0 Å². The van der Waals surface area contributed by atoms with Gasteiger partial charge in [-0.3, -0.25) is 4.79 Å². The molecular formula is C23H26N2O6S2. The summed E-state index contributed by atoms with van der Waals surface area (Å²) in [5.74, 6) is -0.215. The molecule has 0 aliphatic carbocycles. The molecule has 2 aliphatic rings. The van der Waals surface area contributed by atoms with Crippen LogP contribution in [-0.4, -0.2) is 66.2 Å². The molecule has 2 aromatic carbocycles. The SMILES string of the molecule is CS(=O)(=O)c1ccc2c(c1)CCCN2C(=O)/C=C/c1ccc(S(=O)(=O)N2CCOCC2)cc1. The molecule has 8 nitrogen and oxygen atoms in total. The smallest absolute Gasteiger partial charge is 0.250 e. The van der Waals surface area contributed by atoms with E-state index in [2.05, 4.69) is 0 Å². The van der Waals surface area contributed by atoms with E-state index in [0.717, 1.165) is 17.7 Å². The Kier molecular flexibility index (Phi) is 6.71. The van der Waals surface area contributed by atoms with E-state index >= 15 is 0 Å². The highest BCUT2D eigenvalue weighted by atomic mass is 32.2. The number of amides is 1. The second kappa shape index (κ2) is 9.38. The number of anilines is 1. The Labute approximate surface area is 194 Å². The molecule has 4 rings (SSSR count). The Balaban J connectivity index is 1.48. The van der Waals surface area contributed by atoms with E-state index in [0.29, 0.717) is 44.8 Å². The number of carbonyl (C=O) groups excluding carboxylic acids is 1. The number of hydrogen-bond acceptors (Lipinski definition) is 6. The van der Waals surface area contributed by atoms with E-state index in [1.165, 1.54) is 34.8 Å². The first-order valence-corrected chi connectivity index (χ1v) is 14.0. The summed E-state index contributed by atoms with van der Waals surface area (Å²) < 4.78 is 55.7. The van der Waals surface area contributed by atoms with Crippen LogP contribution in [0.1, 0.15) is 17.5 Å². The summed E-state index contributed by atoms with van der Waals surface area (Å²) in [5.41, 5.74) is 2.26. The second-order valence-electron chi connectivity index (χ2n) is 8.07. The van der Waals surface area contributed by atoms with Crippen LogP contribution in [0.25, 0.3) is 6.08 Å². The molecule has 10 heteroatoms. The summed E-state index contributed by atoms with van der Waals surface area (Å²) in [7, 11) is -6.87. The van der Waals surface area contributed by atoms with Crippen molar-refractivity contribution in [3.05, 3.63) is 59.7 Å². The van der Waals surface area contributed by atoms with Gasteiger partial charge in [0.2, 0.25) is 10.0 Å². The molecule has 2 aliphatic heterocycles. The normalized spacial score (nSPS) is 17.8. The number of aryl methyl sites for hydroxylation is 1. The van der Waals surface area contributed by atoms with Crippen molar-refractivity contribution in [3.8, 4) is 0 Å². The molecule has 0 aromatic heterocycles. The van der Waals surface area contributed by atoms with Crippen LogP contribution in [0.4, 0.5) is 5.69 Å². The van der Waals surface area contributed by atoms with Gasteiger partial charge in [0, 0.05) is 37.7 Å². The number of rotatable bonds is 5. The van der Waals surface area contributed by atoms with Gasteiger partial charge in [0.05, 0.1) is 23.0 Å². The van der Waals surface area contributed by atoms with Crippen molar-refractivity contribution in [1.29, 1.82) is 0 Å². The van der Waals surface area contributed by atoms with E-state index in [-0.39, 0.29) is 15.7 Å². The van der Waals surface area contributed by atoms with Crippen LogP contribution in [0.15, 0.2) is 58.3 Å². The Morgan fingerprint density at radius 1 is 0.939 bits per heavy atom. The molecule has 1 amide bonds. The van der Waals surface area contributed by atoms with Crippen LogP contribution >= 0.6 is 0 Å². The number of nitrogens with zero attached hydrogens (tertiary/aromatic N) is 2. The van der Waals surface area contributed by atoms with Crippen LogP contribution in [0.2, 0.25) is 0 Å². The maximum absolute atomic E-state index is 12.9. The molecule has 0 atom stereocenters. The zero-order chi connectivity index (χ0) is 23.6. The molecule has 1 fully saturated rings. The molecule has 0 saturated carbocycles. The van der Waals surface area contributed by atoms with Gasteiger partial charge in [0.15, 0.2) is 9.84 Å². The van der Waals surface area contributed by atoms with E-state index in [1.807, 2.05) is 0 Å². The van der Waals surface area contributed by atoms with Crippen molar-refractivity contribution in [2.24, 2.45) is 0 Å². The van der Waals surface area contributed by atoms with Crippen LogP contribution in [0.5, 0.6) is 0 Å². The average Bonchev–Trinajstić information content (AvgIpc) is 2.82. The molecule has 176 valence electrons. The molecule has 33 heavy (non-hydrogen) atoms. The Bertz CT molecular complexity index is 1280. The fraction of sp³-hybridized carbons (Fsp3) is 0.348. The number of hydrogen-bond donors (Lipinski definition) is 0. The highest BCUT2D eigenvalue weighted by Gasteiger charge is 2.26. The molecule has 2 heterocycles. The van der Waals surface area contributed by atoms with Crippen molar-refractivity contribution in [1.82, 2.24) is 4.31 Å². The first kappa shape index (κ1) is 23.6. The van der Waals surface area contributed by atoms with Gasteiger partial charge >= 0.3 is 0 Å². The highest BCUT2D eigenvalue weighted by molar-refractivity contribution is 7.90. The number of sulfone groups is 1. The van der Waals surface area contributed by atoms with Crippen LogP contribution in [0.3, 0.4) is 0 Å². The second-order valence-corrected chi connectivity index (χ2v) is 12.0. The zero-order valence-electron chi connectivity index (χ0n) is 18.3. The van der Waals surface area contributed by atoms with E-state index in [9.17, 15) is 21.6 Å². The lowest BCUT2D eigenvalue weighted by molar-refractivity contribution is -0.114. The monoisotopic (exact) mass is 490 g/mol. The summed E-state index contributed by atoms with van der Waals surface area (Å²) in [6.45, 7) is 1.99. The van der Waals surface area contributed by atoms with Gasteiger partial charge in [-0.1, -0.05) is 12.1 Å². The average molecular weight is 491 g/mol. The third-order valence-corrected chi connectivity index (χ3v) is 8.79. The topological polar surface area (TPSA) is 101 Å². The molecule has 2 aromatic rings. The predicted octanol–water partition coefficient (Wildman–Crippen LogP) is 2.10. The van der Waals surface area contributed by atoms with Gasteiger partial charge in [0.25, 0.3) is 5.91 Å². The lowest BCUT2D eigenvalue weighted by Crippen LogP contribution is -2.40. The van der Waals surface area contributed by atoms with Gasteiger partial charge in [-0.2, -0.15) is 4.31 Å². The van der Waals surface area contributed by atoms with E-state index in [1.54, 1.807) is 35.2 Å². The van der Waals surface area contributed by atoms with Gasteiger partial charge < -0.3 is 9.64 Å². The maximum Gasteiger partial charge on any atom is 0.250 e. The summed E-state index contributed by atoms with van der Waals surface area (Å²) in [6.07, 6.45) is 5.72. The third kappa shape index (κ3) is 5.19. The molecule has 0 N–H and O–H groups in total. The summed E-state index contributed by atoms with van der Waals surface area (Å²) in [5, 5.41) is 0. The summed E-state index contributed by atoms with van der Waals surface area (Å²) in [4.78, 5) is 14.9. The Morgan fingerprint density at radius 3 is 2.27 bits per heavy atom. The number of morpholine rings is 1. The summed E-state index contributed by atoms with van der Waals surface area (Å²) >= 11 is 0. The summed E-state index contributed by atoms with van der Waals surface area (Å²) in [6, 6.07) is 11.3. The number of fused-ring (bicyclic) bond motifs is 1. The molecule has 0 unspecified atom stereocenters. The van der Waals surface area contributed by atoms with Crippen molar-refractivity contribution in [2.45, 2.75) is 22.6 Å². The van der Waals surface area contributed by atoms with Crippen LogP contribution in [0, 0.1) is 0 Å². The predicted molar refractivity (Wildman–Crippen MR) is 125 cm³/mol. The lowest BCUT2D eigenvalue weighted by Gasteiger charge is -2.29. The van der Waals surface area contributed by atoms with Gasteiger partial charge in [-0.05, 0) is 60.4 Å². The first-order chi connectivity index (χ1) is 15.7. The van der Waals surface area contributed by atoms with Gasteiger partial charge in [-0.25, -0.2) is 16.8 Å².